The molecule has 0 saturated carbocycles. The number of nitrogens with zero attached hydrogens (tertiary/aromatic N) is 1. The first-order valence-corrected chi connectivity index (χ1v) is 14.7. The van der Waals surface area contributed by atoms with Gasteiger partial charge in [0.1, 0.15) is 11.2 Å². The Hall–Kier alpha value is -5.02. The first kappa shape index (κ1) is 23.7. The van der Waals surface area contributed by atoms with Gasteiger partial charge in [-0.2, -0.15) is 0 Å². The number of benzene rings is 6. The summed E-state index contributed by atoms with van der Waals surface area (Å²) in [6.45, 7) is 6.97. The number of furan rings is 1. The number of hydrogen-bond donors (Lipinski definition) is 0. The van der Waals surface area contributed by atoms with Gasteiger partial charge in [-0.05, 0) is 101 Å². The predicted molar refractivity (Wildman–Crippen MR) is 178 cm³/mol. The molecule has 0 N–H and O–H groups in total. The lowest BCUT2D eigenvalue weighted by Crippen LogP contribution is -2.55. The van der Waals surface area contributed by atoms with Gasteiger partial charge in [0.15, 0.2) is 0 Å². The monoisotopic (exact) mass is 537 g/mol. The molecular weight excluding hydrogens is 509 g/mol. The van der Waals surface area contributed by atoms with Crippen molar-refractivity contribution in [3.8, 4) is 22.3 Å². The molecule has 1 aromatic heterocycles. The normalized spacial score (nSPS) is 13.0. The molecule has 2 aliphatic rings. The van der Waals surface area contributed by atoms with E-state index in [0.29, 0.717) is 0 Å². The average Bonchev–Trinajstić information content (AvgIpc) is 3.55. The molecule has 0 bridgehead atoms. The van der Waals surface area contributed by atoms with Crippen LogP contribution in [0.1, 0.15) is 16.7 Å². The molecule has 198 valence electrons. The summed E-state index contributed by atoms with van der Waals surface area (Å²) < 4.78 is 6.18. The number of para-hydroxylation sites is 3. The van der Waals surface area contributed by atoms with Crippen LogP contribution >= 0.6 is 0 Å². The molecular formula is C39H28BNO. The lowest BCUT2D eigenvalue weighted by molar-refractivity contribution is 0.669. The van der Waals surface area contributed by atoms with Crippen LogP contribution in [0.5, 0.6) is 0 Å². The summed E-state index contributed by atoms with van der Waals surface area (Å²) in [7, 11) is 0. The van der Waals surface area contributed by atoms with Crippen LogP contribution in [0.25, 0.3) is 44.2 Å². The third kappa shape index (κ3) is 3.11. The molecule has 6 aromatic carbocycles. The zero-order valence-corrected chi connectivity index (χ0v) is 23.9. The van der Waals surface area contributed by atoms with E-state index in [2.05, 4.69) is 129 Å². The van der Waals surface area contributed by atoms with E-state index >= 15 is 0 Å². The van der Waals surface area contributed by atoms with Crippen LogP contribution in [-0.2, 0) is 0 Å². The quantitative estimate of drug-likeness (QED) is 0.206. The summed E-state index contributed by atoms with van der Waals surface area (Å²) in [5, 5.41) is 2.31. The summed E-state index contributed by atoms with van der Waals surface area (Å²) >= 11 is 0. The smallest absolute Gasteiger partial charge is 0.248 e. The van der Waals surface area contributed by atoms with Gasteiger partial charge in [0.25, 0.3) is 0 Å². The number of fused-ring (bicyclic) bond motifs is 8. The number of rotatable bonds is 2. The van der Waals surface area contributed by atoms with Gasteiger partial charge >= 0.3 is 0 Å². The Morgan fingerprint density at radius 2 is 1.29 bits per heavy atom. The van der Waals surface area contributed by atoms with Crippen LogP contribution in [0.15, 0.2) is 120 Å². The zero-order valence-electron chi connectivity index (χ0n) is 23.9. The van der Waals surface area contributed by atoms with E-state index in [4.69, 9.17) is 4.42 Å². The van der Waals surface area contributed by atoms with Crippen LogP contribution < -0.4 is 21.3 Å². The number of aryl methyl sites for hydroxylation is 3. The molecule has 0 amide bonds. The standard InChI is InChI=1S/C39H28BNO/c1-23-10-4-6-16-33(23)41-34-22-27(26-18-19-36-30(20-26)28-13-5-7-17-35(28)42-36)21-31-29-14-8-11-24(2)37(29)40(38(31)34)32-15-9-12-25(3)39(32)41/h4-22H,1-3H3. The topological polar surface area (TPSA) is 16.4 Å². The van der Waals surface area contributed by atoms with Gasteiger partial charge < -0.3 is 9.32 Å². The summed E-state index contributed by atoms with van der Waals surface area (Å²) in [5.74, 6) is 0. The van der Waals surface area contributed by atoms with Crippen molar-refractivity contribution in [3.63, 3.8) is 0 Å². The summed E-state index contributed by atoms with van der Waals surface area (Å²) in [4.78, 5) is 2.53. The highest BCUT2D eigenvalue weighted by Gasteiger charge is 2.44. The van der Waals surface area contributed by atoms with Gasteiger partial charge in [-0.15, -0.1) is 0 Å². The fraction of sp³-hybridized carbons (Fsp3) is 0.0769. The highest BCUT2D eigenvalue weighted by Crippen LogP contribution is 2.45. The highest BCUT2D eigenvalue weighted by molar-refractivity contribution is 7.01. The van der Waals surface area contributed by atoms with Gasteiger partial charge in [-0.25, -0.2) is 0 Å². The minimum Gasteiger partial charge on any atom is -0.456 e. The second-order valence-corrected chi connectivity index (χ2v) is 11.9. The number of anilines is 3. The second-order valence-electron chi connectivity index (χ2n) is 11.9. The van der Waals surface area contributed by atoms with E-state index in [9.17, 15) is 0 Å². The van der Waals surface area contributed by atoms with Gasteiger partial charge in [-0.3, -0.25) is 0 Å². The van der Waals surface area contributed by atoms with Crippen LogP contribution in [-0.4, -0.2) is 6.71 Å². The summed E-state index contributed by atoms with van der Waals surface area (Å²) in [5.41, 5.74) is 18.9. The highest BCUT2D eigenvalue weighted by atomic mass is 16.3. The largest absolute Gasteiger partial charge is 0.456 e. The van der Waals surface area contributed by atoms with Gasteiger partial charge in [0, 0.05) is 27.8 Å². The van der Waals surface area contributed by atoms with Crippen molar-refractivity contribution in [2.45, 2.75) is 20.8 Å². The fourth-order valence-corrected chi connectivity index (χ4v) is 7.58. The molecule has 9 rings (SSSR count). The predicted octanol–water partition coefficient (Wildman–Crippen LogP) is 8.46. The van der Waals surface area contributed by atoms with Gasteiger partial charge in [0.05, 0.1) is 0 Å². The van der Waals surface area contributed by atoms with E-state index in [0.717, 1.165) is 21.9 Å². The van der Waals surface area contributed by atoms with Crippen molar-refractivity contribution in [3.05, 3.63) is 132 Å². The second kappa shape index (κ2) is 8.50. The average molecular weight is 537 g/mol. The molecule has 7 aromatic rings. The number of hydrogen-bond acceptors (Lipinski definition) is 2. The Balaban J connectivity index is 1.39. The van der Waals surface area contributed by atoms with Crippen LogP contribution in [0.3, 0.4) is 0 Å². The molecule has 0 atom stereocenters. The van der Waals surface area contributed by atoms with E-state index in [1.807, 2.05) is 12.1 Å². The first-order chi connectivity index (χ1) is 20.6. The van der Waals surface area contributed by atoms with Crippen molar-refractivity contribution >= 4 is 62.1 Å². The Bertz CT molecular complexity index is 2260. The van der Waals surface area contributed by atoms with Crippen LogP contribution in [0.4, 0.5) is 17.1 Å². The summed E-state index contributed by atoms with van der Waals surface area (Å²) in [6, 6.07) is 42.2. The maximum absolute atomic E-state index is 6.18. The SMILES string of the molecule is Cc1ccccc1N1c2cc(-c3ccc4oc5ccccc5c4c3)cc3c2B(c2cccc(C)c21)c1c(C)cccc1-3. The van der Waals surface area contributed by atoms with Crippen molar-refractivity contribution in [2.24, 2.45) is 0 Å². The molecule has 0 aliphatic carbocycles. The first-order valence-electron chi connectivity index (χ1n) is 14.7. The van der Waals surface area contributed by atoms with Crippen molar-refractivity contribution < 1.29 is 4.42 Å². The van der Waals surface area contributed by atoms with Gasteiger partial charge in [0.2, 0.25) is 6.71 Å². The minimum atomic E-state index is 0.218. The van der Waals surface area contributed by atoms with Crippen LogP contribution in [0.2, 0.25) is 0 Å². The fourth-order valence-electron chi connectivity index (χ4n) is 7.58. The third-order valence-electron chi connectivity index (χ3n) is 9.46. The molecule has 3 heteroatoms. The molecule has 0 saturated heterocycles. The lowest BCUT2D eigenvalue weighted by Gasteiger charge is -2.38. The van der Waals surface area contributed by atoms with E-state index in [1.165, 1.54) is 72.4 Å². The molecule has 3 heterocycles. The summed E-state index contributed by atoms with van der Waals surface area (Å²) in [6.07, 6.45) is 0. The van der Waals surface area contributed by atoms with Crippen LogP contribution in [0, 0.1) is 20.8 Å². The van der Waals surface area contributed by atoms with E-state index < -0.39 is 0 Å². The Morgan fingerprint density at radius 1 is 0.524 bits per heavy atom. The third-order valence-corrected chi connectivity index (χ3v) is 9.46. The zero-order chi connectivity index (χ0) is 28.1. The Labute approximate surface area is 245 Å². The minimum absolute atomic E-state index is 0.218. The molecule has 0 unspecified atom stereocenters. The molecule has 0 fully saturated rings. The Morgan fingerprint density at radius 3 is 2.19 bits per heavy atom. The lowest BCUT2D eigenvalue weighted by atomic mass is 9.36. The molecule has 0 radical (unpaired) electrons. The Kier molecular flexibility index (Phi) is 4.79. The molecule has 2 nitrogen and oxygen atoms in total. The van der Waals surface area contributed by atoms with E-state index in [-0.39, 0.29) is 6.71 Å². The molecule has 2 aliphatic heterocycles. The van der Waals surface area contributed by atoms with Gasteiger partial charge in [-0.1, -0.05) is 89.9 Å². The molecule has 42 heavy (non-hydrogen) atoms. The van der Waals surface area contributed by atoms with Crippen molar-refractivity contribution in [1.29, 1.82) is 0 Å². The maximum Gasteiger partial charge on any atom is 0.248 e. The maximum atomic E-state index is 6.18. The van der Waals surface area contributed by atoms with Crippen molar-refractivity contribution in [2.75, 3.05) is 4.90 Å². The van der Waals surface area contributed by atoms with Crippen molar-refractivity contribution in [1.82, 2.24) is 0 Å². The van der Waals surface area contributed by atoms with E-state index in [1.54, 1.807) is 0 Å². The molecule has 0 spiro atoms.